The minimum Gasteiger partial charge on any atom is -0.449 e. The van der Waals surface area contributed by atoms with Crippen molar-refractivity contribution >= 4 is 17.6 Å². The summed E-state index contributed by atoms with van der Waals surface area (Å²) in [5.74, 6) is -0.777. The highest BCUT2D eigenvalue weighted by Crippen LogP contribution is 2.20. The fourth-order valence-corrected chi connectivity index (χ4v) is 1.70. The average Bonchev–Trinajstić information content (AvgIpc) is 3.16. The molecule has 1 aliphatic rings. The van der Waals surface area contributed by atoms with Gasteiger partial charge in [-0.25, -0.2) is 4.79 Å². The van der Waals surface area contributed by atoms with Crippen LogP contribution in [0.25, 0.3) is 0 Å². The van der Waals surface area contributed by atoms with E-state index in [1.54, 1.807) is 32.0 Å². The van der Waals surface area contributed by atoms with Gasteiger partial charge in [0.05, 0.1) is 5.56 Å². The van der Waals surface area contributed by atoms with Gasteiger partial charge in [0.2, 0.25) is 0 Å². The van der Waals surface area contributed by atoms with Gasteiger partial charge in [0.15, 0.2) is 6.10 Å². The lowest BCUT2D eigenvalue weighted by Gasteiger charge is -2.14. The zero-order valence-electron chi connectivity index (χ0n) is 11.1. The SMILES string of the molecule is Cc1c(N)cccc1C(=O)O[C@H](C)C(=O)NC1CC1. The molecular weight excluding hydrogens is 244 g/mol. The number of hydrogen-bond donors (Lipinski definition) is 2. The Kier molecular flexibility index (Phi) is 3.74. The molecule has 2 rings (SSSR count). The van der Waals surface area contributed by atoms with Crippen LogP contribution in [0.2, 0.25) is 0 Å². The Morgan fingerprint density at radius 3 is 2.74 bits per heavy atom. The summed E-state index contributed by atoms with van der Waals surface area (Å²) in [6, 6.07) is 5.30. The smallest absolute Gasteiger partial charge is 0.339 e. The highest BCUT2D eigenvalue weighted by Gasteiger charge is 2.27. The molecule has 0 aromatic heterocycles. The van der Waals surface area contributed by atoms with Crippen LogP contribution in [-0.4, -0.2) is 24.0 Å². The monoisotopic (exact) mass is 262 g/mol. The number of carbonyl (C=O) groups excluding carboxylic acids is 2. The summed E-state index contributed by atoms with van der Waals surface area (Å²) in [7, 11) is 0. The third-order valence-electron chi connectivity index (χ3n) is 3.17. The minimum absolute atomic E-state index is 0.252. The topological polar surface area (TPSA) is 81.4 Å². The number of nitrogens with two attached hydrogens (primary N) is 1. The van der Waals surface area contributed by atoms with E-state index in [1.807, 2.05) is 0 Å². The zero-order valence-corrected chi connectivity index (χ0v) is 11.1. The van der Waals surface area contributed by atoms with E-state index in [4.69, 9.17) is 10.5 Å². The second kappa shape index (κ2) is 5.30. The quantitative estimate of drug-likeness (QED) is 0.635. The van der Waals surface area contributed by atoms with Crippen LogP contribution in [0.4, 0.5) is 5.69 Å². The predicted molar refractivity (Wildman–Crippen MR) is 71.6 cm³/mol. The molecule has 1 aliphatic carbocycles. The van der Waals surface area contributed by atoms with Crippen LogP contribution in [0, 0.1) is 6.92 Å². The normalized spacial score (nSPS) is 15.7. The lowest BCUT2D eigenvalue weighted by molar-refractivity contribution is -0.129. The standard InChI is InChI=1S/C14H18N2O3/c1-8-11(4-3-5-12(8)15)14(18)19-9(2)13(17)16-10-6-7-10/h3-5,9-10H,6-7,15H2,1-2H3,(H,16,17)/t9-/m1/s1. The van der Waals surface area contributed by atoms with E-state index >= 15 is 0 Å². The molecule has 0 bridgehead atoms. The molecule has 1 fully saturated rings. The van der Waals surface area contributed by atoms with E-state index in [9.17, 15) is 9.59 Å². The summed E-state index contributed by atoms with van der Waals surface area (Å²) in [4.78, 5) is 23.7. The minimum atomic E-state index is -0.797. The average molecular weight is 262 g/mol. The first kappa shape index (κ1) is 13.4. The Bertz CT molecular complexity index is 509. The number of nitrogens with one attached hydrogen (secondary N) is 1. The molecule has 1 atom stereocenters. The Balaban J connectivity index is 1.99. The molecule has 0 radical (unpaired) electrons. The molecule has 3 N–H and O–H groups in total. The number of rotatable bonds is 4. The molecule has 0 heterocycles. The van der Waals surface area contributed by atoms with E-state index < -0.39 is 12.1 Å². The van der Waals surface area contributed by atoms with Crippen molar-refractivity contribution in [2.45, 2.75) is 38.8 Å². The van der Waals surface area contributed by atoms with E-state index in [2.05, 4.69) is 5.32 Å². The highest BCUT2D eigenvalue weighted by molar-refractivity contribution is 5.94. The maximum Gasteiger partial charge on any atom is 0.339 e. The first-order chi connectivity index (χ1) is 8.99. The maximum absolute atomic E-state index is 12.0. The van der Waals surface area contributed by atoms with Crippen molar-refractivity contribution in [3.05, 3.63) is 29.3 Å². The molecule has 0 aliphatic heterocycles. The Labute approximate surface area is 112 Å². The van der Waals surface area contributed by atoms with Gasteiger partial charge in [-0.3, -0.25) is 4.79 Å². The molecule has 1 aromatic carbocycles. The summed E-state index contributed by atoms with van der Waals surface area (Å²) in [5, 5.41) is 2.80. The number of amides is 1. The van der Waals surface area contributed by atoms with E-state index in [1.165, 1.54) is 0 Å². The fraction of sp³-hybridized carbons (Fsp3) is 0.429. The second-order valence-electron chi connectivity index (χ2n) is 4.85. The van der Waals surface area contributed by atoms with Crippen molar-refractivity contribution in [2.75, 3.05) is 5.73 Å². The number of hydrogen-bond acceptors (Lipinski definition) is 4. The number of ether oxygens (including phenoxy) is 1. The molecule has 19 heavy (non-hydrogen) atoms. The van der Waals surface area contributed by atoms with E-state index in [-0.39, 0.29) is 11.9 Å². The first-order valence-electron chi connectivity index (χ1n) is 6.35. The van der Waals surface area contributed by atoms with Gasteiger partial charge in [0.25, 0.3) is 5.91 Å². The van der Waals surface area contributed by atoms with Gasteiger partial charge in [-0.1, -0.05) is 6.07 Å². The van der Waals surface area contributed by atoms with Crippen molar-refractivity contribution in [1.82, 2.24) is 5.32 Å². The van der Waals surface area contributed by atoms with Gasteiger partial charge in [-0.2, -0.15) is 0 Å². The van der Waals surface area contributed by atoms with Gasteiger partial charge in [0.1, 0.15) is 0 Å². The van der Waals surface area contributed by atoms with Crippen molar-refractivity contribution in [1.29, 1.82) is 0 Å². The van der Waals surface area contributed by atoms with E-state index in [0.29, 0.717) is 16.8 Å². The van der Waals surface area contributed by atoms with Crippen molar-refractivity contribution in [2.24, 2.45) is 0 Å². The molecule has 1 amide bonds. The molecule has 0 spiro atoms. The molecule has 0 saturated heterocycles. The van der Waals surface area contributed by atoms with Crippen LogP contribution in [-0.2, 0) is 9.53 Å². The van der Waals surface area contributed by atoms with Crippen molar-refractivity contribution in [3.8, 4) is 0 Å². The predicted octanol–water partition coefficient (Wildman–Crippen LogP) is 1.40. The van der Waals surface area contributed by atoms with Crippen LogP contribution in [0.5, 0.6) is 0 Å². The molecular formula is C14H18N2O3. The van der Waals surface area contributed by atoms with Crippen LogP contribution in [0.1, 0.15) is 35.7 Å². The Hall–Kier alpha value is -2.04. The van der Waals surface area contributed by atoms with Crippen LogP contribution >= 0.6 is 0 Å². The Morgan fingerprint density at radius 2 is 2.11 bits per heavy atom. The van der Waals surface area contributed by atoms with Gasteiger partial charge in [-0.15, -0.1) is 0 Å². The number of carbonyl (C=O) groups is 2. The van der Waals surface area contributed by atoms with Crippen LogP contribution < -0.4 is 11.1 Å². The van der Waals surface area contributed by atoms with Gasteiger partial charge >= 0.3 is 5.97 Å². The molecule has 5 heteroatoms. The molecule has 102 valence electrons. The number of esters is 1. The fourth-order valence-electron chi connectivity index (χ4n) is 1.70. The maximum atomic E-state index is 12.0. The molecule has 1 aromatic rings. The van der Waals surface area contributed by atoms with E-state index in [0.717, 1.165) is 12.8 Å². The van der Waals surface area contributed by atoms with Crippen molar-refractivity contribution in [3.63, 3.8) is 0 Å². The number of anilines is 1. The lowest BCUT2D eigenvalue weighted by Crippen LogP contribution is -2.37. The largest absolute Gasteiger partial charge is 0.449 e. The summed E-state index contributed by atoms with van der Waals surface area (Å²) in [6.45, 7) is 3.32. The number of nitrogen functional groups attached to an aromatic ring is 1. The van der Waals surface area contributed by atoms with Crippen molar-refractivity contribution < 1.29 is 14.3 Å². The van der Waals surface area contributed by atoms with Crippen LogP contribution in [0.15, 0.2) is 18.2 Å². The molecule has 0 unspecified atom stereocenters. The van der Waals surface area contributed by atoms with Crippen LogP contribution in [0.3, 0.4) is 0 Å². The lowest BCUT2D eigenvalue weighted by atomic mass is 10.1. The first-order valence-corrected chi connectivity index (χ1v) is 6.35. The van der Waals surface area contributed by atoms with Gasteiger partial charge in [0, 0.05) is 11.7 Å². The highest BCUT2D eigenvalue weighted by atomic mass is 16.5. The summed E-state index contributed by atoms with van der Waals surface area (Å²) >= 11 is 0. The molecule has 1 saturated carbocycles. The summed E-state index contributed by atoms with van der Waals surface area (Å²) in [5.41, 5.74) is 7.33. The Morgan fingerprint density at radius 1 is 1.42 bits per heavy atom. The summed E-state index contributed by atoms with van der Waals surface area (Å²) < 4.78 is 5.16. The molecule has 5 nitrogen and oxygen atoms in total. The van der Waals surface area contributed by atoms with Gasteiger partial charge < -0.3 is 15.8 Å². The zero-order chi connectivity index (χ0) is 14.0. The third kappa shape index (κ3) is 3.24. The second-order valence-corrected chi connectivity index (χ2v) is 4.85. The van der Waals surface area contributed by atoms with Gasteiger partial charge in [-0.05, 0) is 44.4 Å². The third-order valence-corrected chi connectivity index (χ3v) is 3.17. The number of benzene rings is 1. The summed E-state index contributed by atoms with van der Waals surface area (Å²) in [6.07, 6.45) is 1.20.